The van der Waals surface area contributed by atoms with Crippen LogP contribution in [0.1, 0.15) is 32.8 Å². The van der Waals surface area contributed by atoms with Crippen LogP contribution < -0.4 is 5.32 Å². The molecule has 4 atom stereocenters. The first-order valence-electron chi connectivity index (χ1n) is 9.13. The van der Waals surface area contributed by atoms with E-state index in [2.05, 4.69) is 5.32 Å². The van der Waals surface area contributed by atoms with Crippen LogP contribution in [0, 0.1) is 23.6 Å². The molecule has 2 aliphatic rings. The van der Waals surface area contributed by atoms with Crippen molar-refractivity contribution < 1.29 is 38.1 Å². The Hall–Kier alpha value is -2.97. The summed E-state index contributed by atoms with van der Waals surface area (Å²) in [4.78, 5) is 49.1. The third-order valence-corrected chi connectivity index (χ3v) is 5.10. The summed E-state index contributed by atoms with van der Waals surface area (Å²) in [6.07, 6.45) is -1.37. The van der Waals surface area contributed by atoms with E-state index in [-0.39, 0.29) is 5.56 Å². The number of ketones is 1. The summed E-state index contributed by atoms with van der Waals surface area (Å²) in [6.45, 7) is 4.44. The number of nitrogens with one attached hydrogen (secondary N) is 1. The van der Waals surface area contributed by atoms with Gasteiger partial charge < -0.3 is 19.9 Å². The molecule has 2 fully saturated rings. The number of hydrogen-bond acceptors (Lipinski definition) is 6. The average molecular weight is 407 g/mol. The first kappa shape index (κ1) is 20.8. The van der Waals surface area contributed by atoms with Crippen LogP contribution in [0.4, 0.5) is 9.18 Å². The molecular weight excluding hydrogens is 385 g/mol. The van der Waals surface area contributed by atoms with Gasteiger partial charge in [-0.3, -0.25) is 9.59 Å². The molecule has 2 saturated carbocycles. The zero-order valence-electron chi connectivity index (χ0n) is 16.2. The minimum absolute atomic E-state index is 0.111. The first-order chi connectivity index (χ1) is 13.5. The van der Waals surface area contributed by atoms with Gasteiger partial charge in [-0.15, -0.1) is 0 Å². The molecule has 0 heterocycles. The van der Waals surface area contributed by atoms with Gasteiger partial charge in [-0.1, -0.05) is 18.2 Å². The number of fused-ring (bicyclic) bond motifs is 1. The highest BCUT2D eigenvalue weighted by molar-refractivity contribution is 6.04. The van der Waals surface area contributed by atoms with Gasteiger partial charge >= 0.3 is 18.0 Å². The van der Waals surface area contributed by atoms with Crippen LogP contribution in [0.2, 0.25) is 0 Å². The minimum atomic E-state index is -1.86. The van der Waals surface area contributed by atoms with Gasteiger partial charge in [-0.05, 0) is 26.8 Å². The molecule has 0 bridgehead atoms. The van der Waals surface area contributed by atoms with Crippen molar-refractivity contribution in [3.05, 3.63) is 35.6 Å². The Balaban J connectivity index is 1.84. The highest BCUT2D eigenvalue weighted by Crippen LogP contribution is 2.61. The summed E-state index contributed by atoms with van der Waals surface area (Å²) in [5.41, 5.74) is -2.63. The molecule has 0 aliphatic heterocycles. The Kier molecular flexibility index (Phi) is 5.10. The molecule has 0 saturated heterocycles. The van der Waals surface area contributed by atoms with Crippen LogP contribution in [0.15, 0.2) is 24.3 Å². The zero-order chi connectivity index (χ0) is 21.6. The number of ether oxygens (including phenoxy) is 2. The molecule has 29 heavy (non-hydrogen) atoms. The number of carbonyl (C=O) groups is 4. The second-order valence-corrected chi connectivity index (χ2v) is 8.32. The molecule has 2 N–H and O–H groups in total. The molecule has 1 amide bonds. The van der Waals surface area contributed by atoms with Crippen molar-refractivity contribution in [2.24, 2.45) is 17.8 Å². The van der Waals surface area contributed by atoms with Crippen molar-refractivity contribution in [2.75, 3.05) is 0 Å². The lowest BCUT2D eigenvalue weighted by atomic mass is 9.90. The number of rotatable bonds is 5. The van der Waals surface area contributed by atoms with E-state index in [0.29, 0.717) is 0 Å². The quantitative estimate of drug-likeness (QED) is 0.717. The molecule has 0 radical (unpaired) electrons. The van der Waals surface area contributed by atoms with E-state index in [0.717, 1.165) is 0 Å². The number of esters is 1. The van der Waals surface area contributed by atoms with E-state index in [1.165, 1.54) is 18.2 Å². The van der Waals surface area contributed by atoms with Gasteiger partial charge in [-0.2, -0.15) is 0 Å². The highest BCUT2D eigenvalue weighted by atomic mass is 19.1. The summed E-state index contributed by atoms with van der Waals surface area (Å²) in [5.74, 6) is -6.14. The molecule has 0 aromatic heterocycles. The molecule has 9 heteroatoms. The van der Waals surface area contributed by atoms with Crippen LogP contribution in [0.25, 0.3) is 0 Å². The van der Waals surface area contributed by atoms with E-state index in [1.54, 1.807) is 26.8 Å². The Bertz CT molecular complexity index is 874. The van der Waals surface area contributed by atoms with Crippen molar-refractivity contribution in [2.45, 2.75) is 44.9 Å². The number of carboxylic acids is 1. The Morgan fingerprint density at radius 1 is 1.28 bits per heavy atom. The minimum Gasteiger partial charge on any atom is -0.481 e. The summed E-state index contributed by atoms with van der Waals surface area (Å²) in [5, 5.41) is 11.8. The van der Waals surface area contributed by atoms with Crippen molar-refractivity contribution in [3.8, 4) is 0 Å². The van der Waals surface area contributed by atoms with Gasteiger partial charge in [0.2, 0.25) is 0 Å². The number of benzene rings is 1. The standard InChI is InChI=1S/C20H22FNO7/c1-19(2,3)29-18(27)22-20(8-12(23)13-14(15(13)20)16(24)25)17(26)28-9-10-6-4-5-7-11(10)21/h4-7,13-15H,8-9H2,1-3H3,(H,22,27)(H,24,25)/t13-,14-,15-,20-/m0/s1. The summed E-state index contributed by atoms with van der Waals surface area (Å²) < 4.78 is 24.2. The van der Waals surface area contributed by atoms with Crippen LogP contribution in [0.5, 0.6) is 0 Å². The molecule has 0 spiro atoms. The highest BCUT2D eigenvalue weighted by Gasteiger charge is 2.76. The lowest BCUT2D eigenvalue weighted by Crippen LogP contribution is -2.58. The number of amides is 1. The lowest BCUT2D eigenvalue weighted by molar-refractivity contribution is -0.155. The molecule has 3 rings (SSSR count). The monoisotopic (exact) mass is 407 g/mol. The maximum absolute atomic E-state index is 13.8. The van der Waals surface area contributed by atoms with Gasteiger partial charge in [0.1, 0.15) is 23.8 Å². The maximum Gasteiger partial charge on any atom is 0.408 e. The number of alkyl carbamates (subject to hydrolysis) is 1. The van der Waals surface area contributed by atoms with Gasteiger partial charge in [-0.25, -0.2) is 14.0 Å². The Morgan fingerprint density at radius 3 is 2.48 bits per heavy atom. The number of halogens is 1. The number of Topliss-reactive ketones (excluding diaryl/α,β-unsaturated/α-hetero) is 1. The van der Waals surface area contributed by atoms with Crippen LogP contribution in [0.3, 0.4) is 0 Å². The predicted octanol–water partition coefficient (Wildman–Crippen LogP) is 2.05. The van der Waals surface area contributed by atoms with Crippen molar-refractivity contribution in [1.29, 1.82) is 0 Å². The van der Waals surface area contributed by atoms with Crippen LogP contribution >= 0.6 is 0 Å². The molecule has 1 aromatic rings. The van der Waals surface area contributed by atoms with Gasteiger partial charge in [0.15, 0.2) is 5.54 Å². The maximum atomic E-state index is 13.8. The topological polar surface area (TPSA) is 119 Å². The average Bonchev–Trinajstić information content (AvgIpc) is 3.29. The Morgan fingerprint density at radius 2 is 1.93 bits per heavy atom. The molecular formula is C20H22FNO7. The number of carbonyl (C=O) groups excluding carboxylic acids is 3. The second-order valence-electron chi connectivity index (χ2n) is 8.32. The summed E-state index contributed by atoms with van der Waals surface area (Å²) in [7, 11) is 0. The van der Waals surface area contributed by atoms with Gasteiger partial charge in [0.25, 0.3) is 0 Å². The fraction of sp³-hybridized carbons (Fsp3) is 0.500. The SMILES string of the molecule is CC(C)(C)OC(=O)N[C@@]1(C(=O)OCc2ccccc2F)CC(=O)[C@H]2[C@H](C(=O)O)[C@H]21. The Labute approximate surface area is 166 Å². The number of hydrogen-bond donors (Lipinski definition) is 2. The van der Waals surface area contributed by atoms with Crippen molar-refractivity contribution >= 4 is 23.8 Å². The van der Waals surface area contributed by atoms with E-state index < -0.39 is 71.6 Å². The van der Waals surface area contributed by atoms with Crippen LogP contribution in [-0.2, 0) is 30.5 Å². The molecule has 1 aromatic carbocycles. The molecule has 2 aliphatic carbocycles. The van der Waals surface area contributed by atoms with E-state index >= 15 is 0 Å². The third-order valence-electron chi connectivity index (χ3n) is 5.10. The molecule has 156 valence electrons. The number of aliphatic carboxylic acids is 1. The normalized spacial score (nSPS) is 27.7. The molecule has 0 unspecified atom stereocenters. The van der Waals surface area contributed by atoms with Crippen molar-refractivity contribution in [3.63, 3.8) is 0 Å². The second kappa shape index (κ2) is 7.13. The van der Waals surface area contributed by atoms with Gasteiger partial charge in [0.05, 0.1) is 5.92 Å². The van der Waals surface area contributed by atoms with Crippen molar-refractivity contribution in [1.82, 2.24) is 5.32 Å². The number of carboxylic acid groups (broad SMARTS) is 1. The zero-order valence-corrected chi connectivity index (χ0v) is 16.2. The summed E-state index contributed by atoms with van der Waals surface area (Å²) in [6, 6.07) is 5.68. The largest absolute Gasteiger partial charge is 0.481 e. The van der Waals surface area contributed by atoms with E-state index in [9.17, 15) is 28.7 Å². The molecule has 8 nitrogen and oxygen atoms in total. The van der Waals surface area contributed by atoms with E-state index in [4.69, 9.17) is 9.47 Å². The van der Waals surface area contributed by atoms with Crippen LogP contribution in [-0.4, -0.2) is 40.1 Å². The summed E-state index contributed by atoms with van der Waals surface area (Å²) >= 11 is 0. The van der Waals surface area contributed by atoms with E-state index in [1.807, 2.05) is 0 Å². The first-order valence-corrected chi connectivity index (χ1v) is 9.13. The fourth-order valence-corrected chi connectivity index (χ4v) is 3.90. The third kappa shape index (κ3) is 3.94. The lowest BCUT2D eigenvalue weighted by Gasteiger charge is -2.31. The van der Waals surface area contributed by atoms with Gasteiger partial charge in [0, 0.05) is 23.8 Å². The fourth-order valence-electron chi connectivity index (χ4n) is 3.90. The predicted molar refractivity (Wildman–Crippen MR) is 96.0 cm³/mol. The smallest absolute Gasteiger partial charge is 0.408 e.